The van der Waals surface area contributed by atoms with Gasteiger partial charge in [-0.05, 0) is 36.8 Å². The summed E-state index contributed by atoms with van der Waals surface area (Å²) in [5, 5.41) is 19.8. The lowest BCUT2D eigenvalue weighted by Gasteiger charge is -2.10. The van der Waals surface area contributed by atoms with Crippen LogP contribution in [0, 0.1) is 6.92 Å². The number of rotatable bonds is 5. The second kappa shape index (κ2) is 7.18. The number of hydrogen-bond donors (Lipinski definition) is 3. The molecule has 0 radical (unpaired) electrons. The van der Waals surface area contributed by atoms with Crippen molar-refractivity contribution in [1.82, 2.24) is 10.2 Å². The zero-order valence-electron chi connectivity index (χ0n) is 14.7. The highest BCUT2D eigenvalue weighted by Crippen LogP contribution is 2.32. The maximum Gasteiger partial charge on any atom is 0.273 e. The van der Waals surface area contributed by atoms with Crippen LogP contribution < -0.4 is 14.8 Å². The molecule has 0 aliphatic carbocycles. The van der Waals surface area contributed by atoms with Gasteiger partial charge in [0.05, 0.1) is 25.6 Å². The van der Waals surface area contributed by atoms with E-state index in [0.717, 1.165) is 5.56 Å². The Morgan fingerprint density at radius 1 is 1.15 bits per heavy atom. The topological polar surface area (TPSA) is 96.5 Å². The number of phenols is 1. The van der Waals surface area contributed by atoms with Crippen molar-refractivity contribution in [3.8, 4) is 28.5 Å². The Morgan fingerprint density at radius 2 is 1.96 bits per heavy atom. The molecule has 0 saturated carbocycles. The van der Waals surface area contributed by atoms with Gasteiger partial charge >= 0.3 is 0 Å². The summed E-state index contributed by atoms with van der Waals surface area (Å²) in [6.45, 7) is 1.80. The van der Waals surface area contributed by atoms with Crippen molar-refractivity contribution in [2.75, 3.05) is 19.5 Å². The third-order valence-electron chi connectivity index (χ3n) is 3.99. The number of aryl methyl sites for hydroxylation is 1. The van der Waals surface area contributed by atoms with Crippen LogP contribution in [0.15, 0.2) is 42.5 Å². The summed E-state index contributed by atoms with van der Waals surface area (Å²) in [7, 11) is 3.07. The van der Waals surface area contributed by atoms with E-state index < -0.39 is 0 Å². The highest BCUT2D eigenvalue weighted by molar-refractivity contribution is 6.04. The maximum absolute atomic E-state index is 12.5. The van der Waals surface area contributed by atoms with E-state index in [1.165, 1.54) is 7.11 Å². The van der Waals surface area contributed by atoms with Gasteiger partial charge in [0.25, 0.3) is 5.91 Å². The van der Waals surface area contributed by atoms with E-state index in [1.807, 2.05) is 6.07 Å². The zero-order valence-corrected chi connectivity index (χ0v) is 14.7. The number of benzene rings is 2. The number of carbonyl (C=O) groups excluding carboxylic acids is 1. The van der Waals surface area contributed by atoms with Crippen molar-refractivity contribution in [2.45, 2.75) is 6.92 Å². The lowest BCUT2D eigenvalue weighted by Crippen LogP contribution is -2.13. The lowest BCUT2D eigenvalue weighted by molar-refractivity contribution is 0.102. The van der Waals surface area contributed by atoms with Crippen LogP contribution in [0.2, 0.25) is 0 Å². The first-order chi connectivity index (χ1) is 12.5. The highest BCUT2D eigenvalue weighted by Gasteiger charge is 2.16. The Labute approximate surface area is 150 Å². The summed E-state index contributed by atoms with van der Waals surface area (Å²) in [5.41, 5.74) is 2.55. The monoisotopic (exact) mass is 353 g/mol. The summed E-state index contributed by atoms with van der Waals surface area (Å²) >= 11 is 0. The molecule has 3 aromatic rings. The van der Waals surface area contributed by atoms with Crippen molar-refractivity contribution in [2.24, 2.45) is 0 Å². The number of aromatic amines is 1. The summed E-state index contributed by atoms with van der Waals surface area (Å²) in [6, 6.07) is 12.0. The molecule has 1 aromatic heterocycles. The minimum absolute atomic E-state index is 0.141. The van der Waals surface area contributed by atoms with E-state index >= 15 is 0 Å². The van der Waals surface area contributed by atoms with Gasteiger partial charge < -0.3 is 19.9 Å². The fraction of sp³-hybridized carbons (Fsp3) is 0.158. The second-order valence-corrected chi connectivity index (χ2v) is 5.66. The molecule has 1 amide bonds. The molecule has 0 aliphatic rings. The van der Waals surface area contributed by atoms with Crippen molar-refractivity contribution in [3.05, 3.63) is 53.7 Å². The number of hydrogen-bond acceptors (Lipinski definition) is 5. The van der Waals surface area contributed by atoms with Gasteiger partial charge in [-0.1, -0.05) is 12.1 Å². The van der Waals surface area contributed by atoms with Gasteiger partial charge in [-0.3, -0.25) is 9.89 Å². The molecule has 0 bridgehead atoms. The third-order valence-corrected chi connectivity index (χ3v) is 3.99. The molecule has 1 heterocycles. The minimum atomic E-state index is -0.376. The number of amides is 1. The SMILES string of the molecule is COc1ccc(NC(=O)c2cc(-c3cccc(C)c3O)n[nH]2)c(OC)c1. The maximum atomic E-state index is 12.5. The molecule has 3 rings (SSSR count). The molecule has 0 fully saturated rings. The fourth-order valence-electron chi connectivity index (χ4n) is 2.53. The number of H-pyrrole nitrogens is 1. The minimum Gasteiger partial charge on any atom is -0.507 e. The standard InChI is InChI=1S/C19H19N3O4/c1-11-5-4-6-13(18(11)23)15-10-16(22-21-15)19(24)20-14-8-7-12(25-2)9-17(14)26-3/h4-10,23H,1-3H3,(H,20,24)(H,21,22). The average molecular weight is 353 g/mol. The molecule has 134 valence electrons. The number of phenolic OH excluding ortho intramolecular Hbond substituents is 1. The van der Waals surface area contributed by atoms with Gasteiger partial charge in [0.1, 0.15) is 22.9 Å². The zero-order chi connectivity index (χ0) is 18.7. The molecule has 3 N–H and O–H groups in total. The first-order valence-corrected chi connectivity index (χ1v) is 7.91. The van der Waals surface area contributed by atoms with Crippen LogP contribution in [0.5, 0.6) is 17.2 Å². The van der Waals surface area contributed by atoms with E-state index in [1.54, 1.807) is 50.4 Å². The second-order valence-electron chi connectivity index (χ2n) is 5.66. The Bertz CT molecular complexity index is 950. The molecule has 26 heavy (non-hydrogen) atoms. The fourth-order valence-corrected chi connectivity index (χ4v) is 2.53. The van der Waals surface area contributed by atoms with Crippen LogP contribution in [-0.2, 0) is 0 Å². The van der Waals surface area contributed by atoms with Crippen molar-refractivity contribution >= 4 is 11.6 Å². The molecule has 0 unspecified atom stereocenters. The molecule has 7 nitrogen and oxygen atoms in total. The smallest absolute Gasteiger partial charge is 0.273 e. The first-order valence-electron chi connectivity index (χ1n) is 7.91. The number of aromatic hydroxyl groups is 1. The van der Waals surface area contributed by atoms with Crippen LogP contribution in [0.25, 0.3) is 11.3 Å². The molecule has 0 saturated heterocycles. The molecule has 2 aromatic carbocycles. The largest absolute Gasteiger partial charge is 0.507 e. The number of aromatic nitrogens is 2. The predicted molar refractivity (Wildman–Crippen MR) is 97.9 cm³/mol. The predicted octanol–water partition coefficient (Wildman–Crippen LogP) is 3.36. The Kier molecular flexibility index (Phi) is 4.79. The van der Waals surface area contributed by atoms with Gasteiger partial charge in [-0.15, -0.1) is 0 Å². The number of anilines is 1. The van der Waals surface area contributed by atoms with Crippen LogP contribution in [0.4, 0.5) is 5.69 Å². The van der Waals surface area contributed by atoms with E-state index in [2.05, 4.69) is 15.5 Å². The van der Waals surface area contributed by atoms with Crippen LogP contribution in [0.3, 0.4) is 0 Å². The number of methoxy groups -OCH3 is 2. The molecule has 0 atom stereocenters. The van der Waals surface area contributed by atoms with Gasteiger partial charge in [-0.2, -0.15) is 5.10 Å². The quantitative estimate of drug-likeness (QED) is 0.653. The molecule has 7 heteroatoms. The van der Waals surface area contributed by atoms with Crippen LogP contribution in [-0.4, -0.2) is 35.4 Å². The average Bonchev–Trinajstić information content (AvgIpc) is 3.14. The van der Waals surface area contributed by atoms with Gasteiger partial charge in [-0.25, -0.2) is 0 Å². The van der Waals surface area contributed by atoms with E-state index in [4.69, 9.17) is 9.47 Å². The molecule has 0 aliphatic heterocycles. The Hall–Kier alpha value is -3.48. The van der Waals surface area contributed by atoms with Crippen molar-refractivity contribution in [1.29, 1.82) is 0 Å². The summed E-state index contributed by atoms with van der Waals surface area (Å²) in [4.78, 5) is 12.5. The van der Waals surface area contributed by atoms with Gasteiger partial charge in [0, 0.05) is 11.6 Å². The first kappa shape index (κ1) is 17.3. The highest BCUT2D eigenvalue weighted by atomic mass is 16.5. The van der Waals surface area contributed by atoms with Crippen LogP contribution >= 0.6 is 0 Å². The Balaban J connectivity index is 1.84. The van der Waals surface area contributed by atoms with E-state index in [9.17, 15) is 9.90 Å². The number of nitrogens with one attached hydrogen (secondary N) is 2. The van der Waals surface area contributed by atoms with Gasteiger partial charge in [0.2, 0.25) is 0 Å². The molecular formula is C19H19N3O4. The van der Waals surface area contributed by atoms with Crippen LogP contribution in [0.1, 0.15) is 16.1 Å². The number of ether oxygens (including phenoxy) is 2. The Morgan fingerprint density at radius 3 is 2.69 bits per heavy atom. The number of nitrogens with zero attached hydrogens (tertiary/aromatic N) is 1. The summed E-state index contributed by atoms with van der Waals surface area (Å²) < 4.78 is 10.4. The normalized spacial score (nSPS) is 10.4. The summed E-state index contributed by atoms with van der Waals surface area (Å²) in [6.07, 6.45) is 0. The van der Waals surface area contributed by atoms with E-state index in [-0.39, 0.29) is 17.4 Å². The number of para-hydroxylation sites is 1. The van der Waals surface area contributed by atoms with Crippen molar-refractivity contribution < 1.29 is 19.4 Å². The van der Waals surface area contributed by atoms with E-state index in [0.29, 0.717) is 28.4 Å². The van der Waals surface area contributed by atoms with Crippen molar-refractivity contribution in [3.63, 3.8) is 0 Å². The lowest BCUT2D eigenvalue weighted by atomic mass is 10.1. The molecular weight excluding hydrogens is 334 g/mol. The number of carbonyl (C=O) groups is 1. The summed E-state index contributed by atoms with van der Waals surface area (Å²) in [5.74, 6) is 0.870. The molecule has 0 spiro atoms. The van der Waals surface area contributed by atoms with Gasteiger partial charge in [0.15, 0.2) is 0 Å². The third kappa shape index (κ3) is 3.32.